The summed E-state index contributed by atoms with van der Waals surface area (Å²) in [6.45, 7) is 0.732. The summed E-state index contributed by atoms with van der Waals surface area (Å²) in [6.07, 6.45) is 1.62. The smallest absolute Gasteiger partial charge is 0.265 e. The number of phenolic OH excluding ortho intramolecular Hbond substituents is 1. The van der Waals surface area contributed by atoms with Crippen LogP contribution in [0.15, 0.2) is 23.1 Å². The number of nitrogen functional groups attached to an aromatic ring is 1. The number of rotatable bonds is 2. The lowest BCUT2D eigenvalue weighted by Gasteiger charge is -2.25. The Kier molecular flexibility index (Phi) is 3.23. The van der Waals surface area contributed by atoms with Gasteiger partial charge in [0.05, 0.1) is 17.2 Å². The van der Waals surface area contributed by atoms with Gasteiger partial charge in [-0.25, -0.2) is 8.42 Å². The van der Waals surface area contributed by atoms with Gasteiger partial charge in [0.25, 0.3) is 10.0 Å². The zero-order chi connectivity index (χ0) is 12.5. The second-order valence-corrected chi connectivity index (χ2v) is 5.62. The second kappa shape index (κ2) is 4.52. The molecule has 0 amide bonds. The van der Waals surface area contributed by atoms with Crippen molar-refractivity contribution < 1.29 is 18.4 Å². The maximum absolute atomic E-state index is 12.1. The second-order valence-electron chi connectivity index (χ2n) is 3.79. The SMILES string of the molecule is Nc1cc(S(=O)(=O)N2CCCCO2)ccc1O. The molecular formula is C10H14N2O4S. The molecule has 1 saturated heterocycles. The maximum Gasteiger partial charge on any atom is 0.265 e. The Hall–Kier alpha value is -1.31. The molecule has 0 bridgehead atoms. The van der Waals surface area contributed by atoms with Crippen LogP contribution in [0.4, 0.5) is 5.69 Å². The Labute approximate surface area is 99.6 Å². The lowest BCUT2D eigenvalue weighted by molar-refractivity contribution is -0.108. The first-order valence-corrected chi connectivity index (χ1v) is 6.70. The lowest BCUT2D eigenvalue weighted by atomic mass is 10.3. The number of hydroxylamine groups is 1. The normalized spacial score (nSPS) is 18.1. The number of phenols is 1. The summed E-state index contributed by atoms with van der Waals surface area (Å²) in [7, 11) is -3.68. The van der Waals surface area contributed by atoms with Crippen LogP contribution in [0, 0.1) is 0 Å². The molecule has 0 aromatic heterocycles. The molecule has 3 N–H and O–H groups in total. The molecule has 7 heteroatoms. The number of hydrogen-bond donors (Lipinski definition) is 2. The zero-order valence-corrected chi connectivity index (χ0v) is 9.98. The van der Waals surface area contributed by atoms with E-state index in [4.69, 9.17) is 10.6 Å². The van der Waals surface area contributed by atoms with Gasteiger partial charge in [-0.05, 0) is 31.0 Å². The van der Waals surface area contributed by atoms with E-state index in [1.54, 1.807) is 0 Å². The molecule has 0 radical (unpaired) electrons. The van der Waals surface area contributed by atoms with E-state index in [-0.39, 0.29) is 16.3 Å². The minimum absolute atomic E-state index is 0.0229. The number of nitrogens with two attached hydrogens (primary N) is 1. The van der Waals surface area contributed by atoms with Gasteiger partial charge in [-0.15, -0.1) is 0 Å². The van der Waals surface area contributed by atoms with Crippen LogP contribution in [-0.2, 0) is 14.9 Å². The summed E-state index contributed by atoms with van der Waals surface area (Å²) in [5.74, 6) is -0.136. The largest absolute Gasteiger partial charge is 0.506 e. The van der Waals surface area contributed by atoms with Crippen LogP contribution < -0.4 is 5.73 Å². The Bertz CT molecular complexity index is 509. The van der Waals surface area contributed by atoms with Crippen LogP contribution in [0.5, 0.6) is 5.75 Å². The molecule has 17 heavy (non-hydrogen) atoms. The van der Waals surface area contributed by atoms with Crippen LogP contribution >= 0.6 is 0 Å². The minimum Gasteiger partial charge on any atom is -0.506 e. The average molecular weight is 258 g/mol. The fourth-order valence-electron chi connectivity index (χ4n) is 1.57. The third kappa shape index (κ3) is 2.36. The molecule has 1 aromatic rings. The Balaban J connectivity index is 2.33. The van der Waals surface area contributed by atoms with Gasteiger partial charge in [-0.1, -0.05) is 4.47 Å². The van der Waals surface area contributed by atoms with Gasteiger partial charge in [0.15, 0.2) is 0 Å². The van der Waals surface area contributed by atoms with Crippen molar-refractivity contribution in [2.24, 2.45) is 0 Å². The van der Waals surface area contributed by atoms with Gasteiger partial charge in [-0.2, -0.15) is 0 Å². The zero-order valence-electron chi connectivity index (χ0n) is 9.17. The summed E-state index contributed by atoms with van der Waals surface area (Å²) in [6, 6.07) is 3.79. The Morgan fingerprint density at radius 2 is 2.12 bits per heavy atom. The fraction of sp³-hybridized carbons (Fsp3) is 0.400. The van der Waals surface area contributed by atoms with E-state index < -0.39 is 10.0 Å². The van der Waals surface area contributed by atoms with E-state index in [0.29, 0.717) is 13.2 Å². The summed E-state index contributed by atoms with van der Waals surface area (Å²) in [5, 5.41) is 9.26. The van der Waals surface area contributed by atoms with Gasteiger partial charge >= 0.3 is 0 Å². The molecule has 0 atom stereocenters. The lowest BCUT2D eigenvalue weighted by Crippen LogP contribution is -2.35. The van der Waals surface area contributed by atoms with Crippen molar-refractivity contribution in [2.75, 3.05) is 18.9 Å². The van der Waals surface area contributed by atoms with E-state index >= 15 is 0 Å². The summed E-state index contributed by atoms with van der Waals surface area (Å²) in [5.41, 5.74) is 5.50. The highest BCUT2D eigenvalue weighted by Gasteiger charge is 2.27. The van der Waals surface area contributed by atoms with Crippen molar-refractivity contribution in [3.8, 4) is 5.75 Å². The van der Waals surface area contributed by atoms with Crippen LogP contribution in [0.3, 0.4) is 0 Å². The molecule has 94 valence electrons. The molecule has 0 unspecified atom stereocenters. The van der Waals surface area contributed by atoms with Crippen molar-refractivity contribution in [3.63, 3.8) is 0 Å². The molecule has 2 rings (SSSR count). The predicted octanol–water partition coefficient (Wildman–Crippen LogP) is 0.690. The topological polar surface area (TPSA) is 92.9 Å². The Morgan fingerprint density at radius 3 is 2.71 bits per heavy atom. The van der Waals surface area contributed by atoms with Crippen LogP contribution in [-0.4, -0.2) is 31.1 Å². The third-order valence-electron chi connectivity index (χ3n) is 2.54. The minimum atomic E-state index is -3.68. The van der Waals surface area contributed by atoms with E-state index in [0.717, 1.165) is 17.3 Å². The number of sulfonamides is 1. The molecule has 0 spiro atoms. The van der Waals surface area contributed by atoms with Crippen LogP contribution in [0.1, 0.15) is 12.8 Å². The molecule has 1 aliphatic heterocycles. The number of nitrogens with zero attached hydrogens (tertiary/aromatic N) is 1. The third-order valence-corrected chi connectivity index (χ3v) is 4.21. The van der Waals surface area contributed by atoms with Gasteiger partial charge < -0.3 is 10.8 Å². The van der Waals surface area contributed by atoms with Crippen LogP contribution in [0.2, 0.25) is 0 Å². The molecule has 6 nitrogen and oxygen atoms in total. The highest BCUT2D eigenvalue weighted by atomic mass is 32.2. The quantitative estimate of drug-likeness (QED) is 0.601. The number of benzene rings is 1. The van der Waals surface area contributed by atoms with Gasteiger partial charge in [0, 0.05) is 6.54 Å². The van der Waals surface area contributed by atoms with Gasteiger partial charge in [0.2, 0.25) is 0 Å². The highest BCUT2D eigenvalue weighted by molar-refractivity contribution is 7.89. The van der Waals surface area contributed by atoms with E-state index in [1.165, 1.54) is 18.2 Å². The predicted molar refractivity (Wildman–Crippen MR) is 61.6 cm³/mol. The number of anilines is 1. The molecular weight excluding hydrogens is 244 g/mol. The van der Waals surface area contributed by atoms with Crippen molar-refractivity contribution in [3.05, 3.63) is 18.2 Å². The van der Waals surface area contributed by atoms with Crippen molar-refractivity contribution in [1.29, 1.82) is 0 Å². The maximum atomic E-state index is 12.1. The van der Waals surface area contributed by atoms with E-state index in [2.05, 4.69) is 0 Å². The fourth-order valence-corrected chi connectivity index (χ4v) is 2.91. The summed E-state index contributed by atoms with van der Waals surface area (Å²) in [4.78, 5) is 5.13. The molecule has 0 aliphatic carbocycles. The molecule has 0 saturated carbocycles. The van der Waals surface area contributed by atoms with Crippen molar-refractivity contribution in [2.45, 2.75) is 17.7 Å². The monoisotopic (exact) mass is 258 g/mol. The first-order valence-electron chi connectivity index (χ1n) is 5.26. The molecule has 1 heterocycles. The average Bonchev–Trinajstić information content (AvgIpc) is 2.33. The summed E-state index contributed by atoms with van der Waals surface area (Å²) >= 11 is 0. The van der Waals surface area contributed by atoms with E-state index in [1.807, 2.05) is 0 Å². The number of aromatic hydroxyl groups is 1. The Morgan fingerprint density at radius 1 is 1.35 bits per heavy atom. The number of hydrogen-bond acceptors (Lipinski definition) is 5. The van der Waals surface area contributed by atoms with Crippen molar-refractivity contribution >= 4 is 15.7 Å². The first-order chi connectivity index (χ1) is 8.01. The van der Waals surface area contributed by atoms with Gasteiger partial charge in [0.1, 0.15) is 5.75 Å². The standard InChI is InChI=1S/C10H14N2O4S/c11-9-7-8(3-4-10(9)13)17(14,15)12-5-1-2-6-16-12/h3-4,7,13H,1-2,5-6,11H2. The first kappa shape index (κ1) is 12.2. The molecule has 1 fully saturated rings. The van der Waals surface area contributed by atoms with E-state index in [9.17, 15) is 13.5 Å². The molecule has 1 aromatic carbocycles. The molecule has 1 aliphatic rings. The van der Waals surface area contributed by atoms with Crippen LogP contribution in [0.25, 0.3) is 0 Å². The highest BCUT2D eigenvalue weighted by Crippen LogP contribution is 2.26. The van der Waals surface area contributed by atoms with Crippen molar-refractivity contribution in [1.82, 2.24) is 4.47 Å². The summed E-state index contributed by atoms with van der Waals surface area (Å²) < 4.78 is 25.2. The van der Waals surface area contributed by atoms with Gasteiger partial charge in [-0.3, -0.25) is 4.84 Å².